The molecule has 1 aromatic rings. The molecule has 22 heavy (non-hydrogen) atoms. The van der Waals surface area contributed by atoms with Gasteiger partial charge in [-0.15, -0.1) is 0 Å². The van der Waals surface area contributed by atoms with Crippen LogP contribution < -0.4 is 5.56 Å². The molecule has 0 radical (unpaired) electrons. The summed E-state index contributed by atoms with van der Waals surface area (Å²) in [4.78, 5) is 39.6. The van der Waals surface area contributed by atoms with E-state index in [2.05, 4.69) is 16.5 Å². The van der Waals surface area contributed by atoms with E-state index in [1.807, 2.05) is 0 Å². The van der Waals surface area contributed by atoms with Crippen LogP contribution in [0.5, 0.6) is 0 Å². The summed E-state index contributed by atoms with van der Waals surface area (Å²) in [6.45, 7) is 5.45. The minimum absolute atomic E-state index is 0.101. The molecule has 0 aliphatic carbocycles. The first kappa shape index (κ1) is 18.0. The minimum atomic E-state index is -0.458. The molecule has 1 heterocycles. The van der Waals surface area contributed by atoms with Gasteiger partial charge in [-0.25, -0.2) is 4.79 Å². The Morgan fingerprint density at radius 2 is 1.95 bits per heavy atom. The summed E-state index contributed by atoms with van der Waals surface area (Å²) in [5.74, 6) is -0.586. The van der Waals surface area contributed by atoms with E-state index in [4.69, 9.17) is 17.0 Å². The third-order valence-electron chi connectivity index (χ3n) is 3.00. The largest absolute Gasteiger partial charge is 0.462 e. The number of carbonyl (C=O) groups excluding carboxylic acids is 2. The molecular formula is C15H20N2O4S. The van der Waals surface area contributed by atoms with Crippen LogP contribution in [-0.2, 0) is 9.53 Å². The van der Waals surface area contributed by atoms with E-state index < -0.39 is 5.56 Å². The standard InChI is InChI=1S/C15H20N2O4S/c1-10(2)14(20)21-8-6-4-3-5-7-12(18)11-9-16-15(22)17-13(11)19/h9H,1,3-8H2,2H3,(H2,16,17,19,22). The first-order valence-electron chi connectivity index (χ1n) is 7.09. The highest BCUT2D eigenvalue weighted by Crippen LogP contribution is 2.07. The van der Waals surface area contributed by atoms with Crippen molar-refractivity contribution in [2.45, 2.75) is 39.0 Å². The smallest absolute Gasteiger partial charge is 0.333 e. The van der Waals surface area contributed by atoms with Crippen LogP contribution in [0.3, 0.4) is 0 Å². The van der Waals surface area contributed by atoms with Gasteiger partial charge in [-0.3, -0.25) is 14.6 Å². The fourth-order valence-electron chi connectivity index (χ4n) is 1.78. The monoisotopic (exact) mass is 324 g/mol. The Morgan fingerprint density at radius 1 is 1.27 bits per heavy atom. The molecule has 1 rings (SSSR count). The second kappa shape index (κ2) is 9.09. The number of carbonyl (C=O) groups is 2. The fraction of sp³-hybridized carbons (Fsp3) is 0.467. The fourth-order valence-corrected chi connectivity index (χ4v) is 1.93. The lowest BCUT2D eigenvalue weighted by atomic mass is 10.1. The van der Waals surface area contributed by atoms with E-state index in [9.17, 15) is 14.4 Å². The van der Waals surface area contributed by atoms with Crippen molar-refractivity contribution in [3.8, 4) is 0 Å². The Labute approximate surface area is 133 Å². The van der Waals surface area contributed by atoms with Gasteiger partial charge in [0.15, 0.2) is 10.6 Å². The van der Waals surface area contributed by atoms with Gasteiger partial charge in [0.25, 0.3) is 5.56 Å². The van der Waals surface area contributed by atoms with Gasteiger partial charge in [0.1, 0.15) is 0 Å². The summed E-state index contributed by atoms with van der Waals surface area (Å²) >= 11 is 4.76. The summed E-state index contributed by atoms with van der Waals surface area (Å²) in [5.41, 5.74) is 0.0298. The predicted octanol–water partition coefficient (Wildman–Crippen LogP) is 2.68. The molecule has 2 N–H and O–H groups in total. The second-order valence-electron chi connectivity index (χ2n) is 4.99. The Hall–Kier alpha value is -2.02. The van der Waals surface area contributed by atoms with Gasteiger partial charge in [-0.1, -0.05) is 19.4 Å². The van der Waals surface area contributed by atoms with Crippen molar-refractivity contribution in [3.05, 3.63) is 39.0 Å². The van der Waals surface area contributed by atoms with Gasteiger partial charge >= 0.3 is 5.97 Å². The summed E-state index contributed by atoms with van der Waals surface area (Å²) in [5, 5.41) is 0. The second-order valence-corrected chi connectivity index (χ2v) is 5.40. The highest BCUT2D eigenvalue weighted by atomic mass is 32.1. The van der Waals surface area contributed by atoms with Crippen molar-refractivity contribution in [3.63, 3.8) is 0 Å². The van der Waals surface area contributed by atoms with E-state index in [0.717, 1.165) is 19.3 Å². The quantitative estimate of drug-likeness (QED) is 0.239. The third-order valence-corrected chi connectivity index (χ3v) is 3.22. The van der Waals surface area contributed by atoms with Gasteiger partial charge in [-0.2, -0.15) is 0 Å². The van der Waals surface area contributed by atoms with Crippen molar-refractivity contribution in [1.82, 2.24) is 9.97 Å². The average molecular weight is 324 g/mol. The molecule has 0 aliphatic heterocycles. The Morgan fingerprint density at radius 3 is 2.59 bits per heavy atom. The number of rotatable bonds is 9. The van der Waals surface area contributed by atoms with Crippen LogP contribution in [0.15, 0.2) is 23.1 Å². The van der Waals surface area contributed by atoms with Crippen LogP contribution >= 0.6 is 12.2 Å². The number of aromatic nitrogens is 2. The Bertz CT molecular complexity index is 660. The summed E-state index contributed by atoms with van der Waals surface area (Å²) < 4.78 is 5.16. The van der Waals surface area contributed by atoms with E-state index >= 15 is 0 Å². The highest BCUT2D eigenvalue weighted by Gasteiger charge is 2.10. The lowest BCUT2D eigenvalue weighted by Gasteiger charge is -2.04. The number of hydrogen-bond donors (Lipinski definition) is 2. The molecule has 0 fully saturated rings. The van der Waals surface area contributed by atoms with Crippen LogP contribution in [0, 0.1) is 4.77 Å². The van der Waals surface area contributed by atoms with Gasteiger partial charge in [0.05, 0.1) is 12.2 Å². The van der Waals surface area contributed by atoms with Crippen LogP contribution in [0.4, 0.5) is 0 Å². The number of Topliss-reactive ketones (excluding diaryl/α,β-unsaturated/α-hetero) is 1. The number of H-pyrrole nitrogens is 2. The van der Waals surface area contributed by atoms with E-state index in [0.29, 0.717) is 25.0 Å². The highest BCUT2D eigenvalue weighted by molar-refractivity contribution is 7.71. The number of hydrogen-bond acceptors (Lipinski definition) is 5. The van der Waals surface area contributed by atoms with E-state index in [1.165, 1.54) is 6.20 Å². The van der Waals surface area contributed by atoms with Gasteiger partial charge in [0.2, 0.25) is 0 Å². The third kappa shape index (κ3) is 6.17. The molecule has 0 atom stereocenters. The molecule has 120 valence electrons. The lowest BCUT2D eigenvalue weighted by molar-refractivity contribution is -0.139. The SMILES string of the molecule is C=C(C)C(=O)OCCCCCCC(=O)c1c[nH]c(=S)[nH]c1=O. The predicted molar refractivity (Wildman–Crippen MR) is 85.4 cm³/mol. The number of unbranched alkanes of at least 4 members (excludes halogenated alkanes) is 3. The van der Waals surface area contributed by atoms with Crippen molar-refractivity contribution >= 4 is 24.0 Å². The number of aromatic amines is 2. The molecule has 1 aromatic heterocycles. The zero-order valence-corrected chi connectivity index (χ0v) is 13.4. The minimum Gasteiger partial charge on any atom is -0.462 e. The summed E-state index contributed by atoms with van der Waals surface area (Å²) in [6.07, 6.45) is 4.76. The number of nitrogens with one attached hydrogen (secondary N) is 2. The molecule has 6 nitrogen and oxygen atoms in total. The Balaban J connectivity index is 2.21. The average Bonchev–Trinajstić information content (AvgIpc) is 2.45. The van der Waals surface area contributed by atoms with Crippen LogP contribution in [0.25, 0.3) is 0 Å². The number of esters is 1. The molecule has 0 unspecified atom stereocenters. The lowest BCUT2D eigenvalue weighted by Crippen LogP contribution is -2.18. The van der Waals surface area contributed by atoms with E-state index in [1.54, 1.807) is 6.92 Å². The number of ketones is 1. The molecule has 0 saturated heterocycles. The van der Waals surface area contributed by atoms with Crippen molar-refractivity contribution in [2.24, 2.45) is 0 Å². The maximum absolute atomic E-state index is 11.9. The molecule has 0 saturated carbocycles. The van der Waals surface area contributed by atoms with Gasteiger partial charge in [-0.05, 0) is 32.0 Å². The van der Waals surface area contributed by atoms with Crippen molar-refractivity contribution in [1.29, 1.82) is 0 Å². The zero-order chi connectivity index (χ0) is 16.5. The molecular weight excluding hydrogens is 304 g/mol. The van der Waals surface area contributed by atoms with Crippen LogP contribution in [-0.4, -0.2) is 28.3 Å². The van der Waals surface area contributed by atoms with E-state index in [-0.39, 0.29) is 22.1 Å². The van der Waals surface area contributed by atoms with Gasteiger partial charge in [0, 0.05) is 18.2 Å². The Kier molecular flexibility index (Phi) is 7.45. The molecule has 0 aliphatic rings. The molecule has 7 heteroatoms. The van der Waals surface area contributed by atoms with Crippen LogP contribution in [0.1, 0.15) is 49.4 Å². The zero-order valence-electron chi connectivity index (χ0n) is 12.6. The maximum Gasteiger partial charge on any atom is 0.333 e. The number of ether oxygens (including phenoxy) is 1. The summed E-state index contributed by atoms with van der Waals surface area (Å²) in [6, 6.07) is 0. The first-order valence-corrected chi connectivity index (χ1v) is 7.50. The summed E-state index contributed by atoms with van der Waals surface area (Å²) in [7, 11) is 0. The molecule has 0 spiro atoms. The molecule has 0 bridgehead atoms. The molecule has 0 amide bonds. The molecule has 0 aromatic carbocycles. The van der Waals surface area contributed by atoms with Gasteiger partial charge < -0.3 is 9.72 Å². The van der Waals surface area contributed by atoms with Crippen molar-refractivity contribution in [2.75, 3.05) is 6.61 Å². The topological polar surface area (TPSA) is 92.0 Å². The first-order chi connectivity index (χ1) is 10.4. The van der Waals surface area contributed by atoms with Crippen LogP contribution in [0.2, 0.25) is 0 Å². The van der Waals surface area contributed by atoms with Crippen molar-refractivity contribution < 1.29 is 14.3 Å². The maximum atomic E-state index is 11.9. The normalized spacial score (nSPS) is 10.2.